The van der Waals surface area contributed by atoms with Crippen LogP contribution in [0.1, 0.15) is 33.8 Å². The first kappa shape index (κ1) is 20.3. The largest absolute Gasteiger partial charge is 0.338 e. The van der Waals surface area contributed by atoms with Crippen LogP contribution in [0.2, 0.25) is 0 Å². The van der Waals surface area contributed by atoms with Crippen molar-refractivity contribution in [3.8, 4) is 0 Å². The Hall–Kier alpha value is -3.03. The van der Waals surface area contributed by atoms with E-state index in [9.17, 15) is 14.0 Å². The van der Waals surface area contributed by atoms with Crippen molar-refractivity contribution in [2.24, 2.45) is 5.92 Å². The molecule has 0 radical (unpaired) electrons. The van der Waals surface area contributed by atoms with Crippen molar-refractivity contribution < 1.29 is 19.2 Å². The minimum Gasteiger partial charge on any atom is -0.338 e. The number of carbonyl (C=O) groups is 2. The summed E-state index contributed by atoms with van der Waals surface area (Å²) in [6.07, 6.45) is 4.32. The smallest absolute Gasteiger partial charge is 0.274 e. The highest BCUT2D eigenvalue weighted by Gasteiger charge is 2.39. The molecule has 6 nitrogen and oxygen atoms in total. The summed E-state index contributed by atoms with van der Waals surface area (Å²) in [7, 11) is 0. The van der Waals surface area contributed by atoms with Crippen LogP contribution < -0.4 is 10.8 Å². The van der Waals surface area contributed by atoms with Crippen molar-refractivity contribution in [2.45, 2.75) is 18.4 Å². The number of halogens is 1. The Bertz CT molecular complexity index is 937. The molecule has 0 bridgehead atoms. The second kappa shape index (κ2) is 8.77. The molecule has 2 unspecified atom stereocenters. The van der Waals surface area contributed by atoms with Crippen LogP contribution in [0.4, 0.5) is 4.39 Å². The lowest BCUT2D eigenvalue weighted by atomic mass is 9.99. The van der Waals surface area contributed by atoms with Gasteiger partial charge >= 0.3 is 0 Å². The van der Waals surface area contributed by atoms with E-state index < -0.39 is 5.91 Å². The topological polar surface area (TPSA) is 81.7 Å². The molecule has 2 aromatic rings. The van der Waals surface area contributed by atoms with Crippen LogP contribution in [0, 0.1) is 11.7 Å². The van der Waals surface area contributed by atoms with Gasteiger partial charge in [-0.3, -0.25) is 14.8 Å². The lowest BCUT2D eigenvalue weighted by molar-refractivity contribution is -0.131. The highest BCUT2D eigenvalue weighted by molar-refractivity contribution is 5.94. The summed E-state index contributed by atoms with van der Waals surface area (Å²) < 4.78 is 13.0. The van der Waals surface area contributed by atoms with Crippen LogP contribution in [0.15, 0.2) is 54.6 Å². The molecule has 0 spiro atoms. The maximum Gasteiger partial charge on any atom is 0.274 e. The van der Waals surface area contributed by atoms with E-state index in [1.165, 1.54) is 23.8 Å². The van der Waals surface area contributed by atoms with E-state index in [-0.39, 0.29) is 11.7 Å². The Morgan fingerprint density at radius 1 is 1.10 bits per heavy atom. The van der Waals surface area contributed by atoms with Gasteiger partial charge in [0.25, 0.3) is 5.91 Å². The number of hydrogen-bond acceptors (Lipinski definition) is 4. The molecular weight excluding hydrogens is 385 g/mol. The van der Waals surface area contributed by atoms with Crippen LogP contribution in [-0.2, 0) is 4.79 Å². The number of carbonyl (C=O) groups excluding carboxylic acids is 2. The minimum atomic E-state index is -0.572. The van der Waals surface area contributed by atoms with Crippen molar-refractivity contribution >= 4 is 17.9 Å². The third-order valence-electron chi connectivity index (χ3n) is 5.72. The highest BCUT2D eigenvalue weighted by Crippen LogP contribution is 2.40. The summed E-state index contributed by atoms with van der Waals surface area (Å²) in [5.41, 5.74) is 3.90. The molecule has 2 atom stereocenters. The van der Waals surface area contributed by atoms with E-state index in [2.05, 4.69) is 5.32 Å². The predicted molar refractivity (Wildman–Crippen MR) is 110 cm³/mol. The molecule has 1 aliphatic carbocycles. The highest BCUT2D eigenvalue weighted by atomic mass is 19.1. The number of amides is 2. The van der Waals surface area contributed by atoms with Crippen LogP contribution in [-0.4, -0.2) is 47.6 Å². The molecule has 156 valence electrons. The van der Waals surface area contributed by atoms with Gasteiger partial charge in [-0.05, 0) is 47.9 Å². The van der Waals surface area contributed by atoms with E-state index in [4.69, 9.17) is 5.21 Å². The average molecular weight is 409 g/mol. The van der Waals surface area contributed by atoms with Crippen molar-refractivity contribution in [2.75, 3.05) is 19.6 Å². The normalized spacial score (nSPS) is 20.8. The van der Waals surface area contributed by atoms with E-state index in [0.717, 1.165) is 31.6 Å². The second-order valence-electron chi connectivity index (χ2n) is 7.91. The summed E-state index contributed by atoms with van der Waals surface area (Å²) >= 11 is 0. The lowest BCUT2D eigenvalue weighted by Crippen LogP contribution is -2.53. The summed E-state index contributed by atoms with van der Waals surface area (Å²) in [4.78, 5) is 25.4. The molecular formula is C23H24FN3O3. The molecule has 7 heteroatoms. The number of nitrogens with one attached hydrogen (secondary N) is 2. The molecule has 0 aromatic heterocycles. The number of hydroxylamine groups is 1. The van der Waals surface area contributed by atoms with Gasteiger partial charge in [0.1, 0.15) is 5.82 Å². The van der Waals surface area contributed by atoms with Crippen LogP contribution in [0.5, 0.6) is 0 Å². The minimum absolute atomic E-state index is 0.0287. The molecule has 1 aliphatic heterocycles. The number of nitrogens with zero attached hydrogens (tertiary/aromatic N) is 1. The lowest BCUT2D eigenvalue weighted by Gasteiger charge is -2.39. The van der Waals surface area contributed by atoms with E-state index in [1.54, 1.807) is 40.7 Å². The third kappa shape index (κ3) is 4.75. The van der Waals surface area contributed by atoms with Gasteiger partial charge in [0, 0.05) is 49.2 Å². The molecule has 2 fully saturated rings. The fourth-order valence-corrected chi connectivity index (χ4v) is 3.78. The zero-order chi connectivity index (χ0) is 21.1. The van der Waals surface area contributed by atoms with Crippen molar-refractivity contribution in [1.82, 2.24) is 15.7 Å². The fourth-order valence-electron chi connectivity index (χ4n) is 3.78. The van der Waals surface area contributed by atoms with Crippen molar-refractivity contribution in [3.05, 3.63) is 77.1 Å². The zero-order valence-electron chi connectivity index (χ0n) is 16.4. The van der Waals surface area contributed by atoms with Gasteiger partial charge in [-0.25, -0.2) is 9.87 Å². The molecule has 1 saturated heterocycles. The summed E-state index contributed by atoms with van der Waals surface area (Å²) in [5, 5.41) is 12.2. The monoisotopic (exact) mass is 409 g/mol. The summed E-state index contributed by atoms with van der Waals surface area (Å²) in [6.45, 7) is 2.35. The van der Waals surface area contributed by atoms with Gasteiger partial charge < -0.3 is 10.2 Å². The Morgan fingerprint density at radius 2 is 1.80 bits per heavy atom. The SMILES string of the molecule is O=C(NO)c1ccc(C=CC(=O)N2CC(CNC3CC3c3ccc(F)cc3)C2)cc1. The molecule has 1 saturated carbocycles. The molecule has 3 N–H and O–H groups in total. The summed E-state index contributed by atoms with van der Waals surface area (Å²) in [6, 6.07) is 13.8. The average Bonchev–Trinajstić information content (AvgIpc) is 3.51. The molecule has 1 heterocycles. The van der Waals surface area contributed by atoms with E-state index in [1.807, 2.05) is 12.1 Å². The second-order valence-corrected chi connectivity index (χ2v) is 7.91. The molecule has 4 rings (SSSR count). The fraction of sp³-hybridized carbons (Fsp3) is 0.304. The number of likely N-dealkylation sites (tertiary alicyclic amines) is 1. The molecule has 2 aromatic carbocycles. The van der Waals surface area contributed by atoms with Gasteiger partial charge in [0.15, 0.2) is 0 Å². The van der Waals surface area contributed by atoms with Gasteiger partial charge in [-0.1, -0.05) is 24.3 Å². The first-order valence-corrected chi connectivity index (χ1v) is 10.0. The summed E-state index contributed by atoms with van der Waals surface area (Å²) in [5.74, 6) is 0.105. The van der Waals surface area contributed by atoms with E-state index >= 15 is 0 Å². The predicted octanol–water partition coefficient (Wildman–Crippen LogP) is 2.56. The first-order chi connectivity index (χ1) is 14.5. The molecule has 2 amide bonds. The Kier molecular flexibility index (Phi) is 5.92. The van der Waals surface area contributed by atoms with Crippen molar-refractivity contribution in [3.63, 3.8) is 0 Å². The Labute approximate surface area is 174 Å². The Balaban J connectivity index is 1.17. The maximum atomic E-state index is 13.0. The standard InChI is InChI=1S/C23H24FN3O3/c24-19-8-6-17(7-9-19)20-11-21(20)25-12-16-13-27(14-16)22(28)10-3-15-1-4-18(5-2-15)23(29)26-30/h1-10,16,20-21,25,30H,11-14H2,(H,26,29). The third-order valence-corrected chi connectivity index (χ3v) is 5.72. The van der Waals surface area contributed by atoms with Crippen LogP contribution >= 0.6 is 0 Å². The molecule has 30 heavy (non-hydrogen) atoms. The molecule has 2 aliphatic rings. The number of benzene rings is 2. The van der Waals surface area contributed by atoms with Gasteiger partial charge in [0.05, 0.1) is 0 Å². The van der Waals surface area contributed by atoms with Crippen LogP contribution in [0.3, 0.4) is 0 Å². The quantitative estimate of drug-likeness (QED) is 0.373. The van der Waals surface area contributed by atoms with Crippen LogP contribution in [0.25, 0.3) is 6.08 Å². The maximum absolute atomic E-state index is 13.0. The Morgan fingerprint density at radius 3 is 2.47 bits per heavy atom. The number of rotatable bonds is 7. The van der Waals surface area contributed by atoms with E-state index in [0.29, 0.717) is 23.4 Å². The van der Waals surface area contributed by atoms with Crippen molar-refractivity contribution in [1.29, 1.82) is 0 Å². The van der Waals surface area contributed by atoms with Gasteiger partial charge in [0.2, 0.25) is 5.91 Å². The van der Waals surface area contributed by atoms with Gasteiger partial charge in [-0.15, -0.1) is 0 Å². The number of hydrogen-bond donors (Lipinski definition) is 3. The zero-order valence-corrected chi connectivity index (χ0v) is 16.4. The first-order valence-electron chi connectivity index (χ1n) is 10.0. The van der Waals surface area contributed by atoms with Gasteiger partial charge in [-0.2, -0.15) is 0 Å².